The predicted molar refractivity (Wildman–Crippen MR) is 112 cm³/mol. The summed E-state index contributed by atoms with van der Waals surface area (Å²) in [6.45, 7) is 3.59. The Morgan fingerprint density at radius 2 is 1.79 bits per heavy atom. The van der Waals surface area contributed by atoms with Crippen LogP contribution in [0.25, 0.3) is 0 Å². The van der Waals surface area contributed by atoms with Crippen molar-refractivity contribution in [1.29, 1.82) is 0 Å². The molecule has 156 valence electrons. The van der Waals surface area contributed by atoms with Crippen molar-refractivity contribution in [2.45, 2.75) is 26.7 Å². The van der Waals surface area contributed by atoms with Gasteiger partial charge >= 0.3 is 5.97 Å². The molecule has 4 N–H and O–H groups in total. The van der Waals surface area contributed by atoms with E-state index >= 15 is 0 Å². The van der Waals surface area contributed by atoms with Crippen LogP contribution in [-0.4, -0.2) is 35.4 Å². The molecule has 0 unspecified atom stereocenters. The van der Waals surface area contributed by atoms with Crippen LogP contribution < -0.4 is 21.5 Å². The first kappa shape index (κ1) is 24.1. The van der Waals surface area contributed by atoms with Gasteiger partial charge in [0.1, 0.15) is 0 Å². The van der Waals surface area contributed by atoms with Gasteiger partial charge in [0, 0.05) is 35.7 Å². The number of benzene rings is 1. The zero-order chi connectivity index (χ0) is 21.8. The zero-order valence-corrected chi connectivity index (χ0v) is 17.4. The summed E-state index contributed by atoms with van der Waals surface area (Å²) in [6.07, 6.45) is 1.70. The number of halogens is 1. The van der Waals surface area contributed by atoms with Crippen LogP contribution in [0.5, 0.6) is 0 Å². The fourth-order valence-corrected chi connectivity index (χ4v) is 2.22. The molecule has 0 aliphatic carbocycles. The summed E-state index contributed by atoms with van der Waals surface area (Å²) in [6, 6.07) is 5.12. The molecule has 0 atom stereocenters. The average Bonchev–Trinajstić information content (AvgIpc) is 2.67. The second kappa shape index (κ2) is 12.5. The van der Waals surface area contributed by atoms with Crippen LogP contribution in [0.4, 0.5) is 5.69 Å². The van der Waals surface area contributed by atoms with Crippen LogP contribution in [0.1, 0.15) is 25.3 Å². The maximum Gasteiger partial charge on any atom is 0.330 e. The summed E-state index contributed by atoms with van der Waals surface area (Å²) in [7, 11) is 0. The fourth-order valence-electron chi connectivity index (χ4n) is 1.89. The van der Waals surface area contributed by atoms with Crippen LogP contribution >= 0.6 is 23.8 Å². The third-order valence-electron chi connectivity index (χ3n) is 3.33. The number of ether oxygens (including phenoxy) is 1. The molecule has 1 aromatic carbocycles. The minimum Gasteiger partial charge on any atom is -0.463 e. The van der Waals surface area contributed by atoms with Crippen LogP contribution in [0.3, 0.4) is 0 Å². The molecular formula is C18H21ClN4O5S. The molecule has 0 radical (unpaired) electrons. The molecule has 0 bridgehead atoms. The van der Waals surface area contributed by atoms with Gasteiger partial charge in [0.05, 0.1) is 6.61 Å². The van der Waals surface area contributed by atoms with E-state index in [1.54, 1.807) is 32.0 Å². The molecule has 1 rings (SSSR count). The lowest BCUT2D eigenvalue weighted by Crippen LogP contribution is -2.48. The van der Waals surface area contributed by atoms with E-state index in [0.717, 1.165) is 17.7 Å². The highest BCUT2D eigenvalue weighted by Crippen LogP contribution is 2.22. The van der Waals surface area contributed by atoms with Crippen molar-refractivity contribution in [3.8, 4) is 0 Å². The minimum absolute atomic E-state index is 0.0686. The first-order valence-electron chi connectivity index (χ1n) is 8.52. The number of anilines is 1. The van der Waals surface area contributed by atoms with Gasteiger partial charge in [-0.3, -0.25) is 30.6 Å². The number of amides is 3. The van der Waals surface area contributed by atoms with Crippen LogP contribution in [0.15, 0.2) is 30.4 Å². The smallest absolute Gasteiger partial charge is 0.330 e. The lowest BCUT2D eigenvalue weighted by molar-refractivity contribution is -0.137. The van der Waals surface area contributed by atoms with Gasteiger partial charge in [-0.1, -0.05) is 17.7 Å². The maximum atomic E-state index is 12.0. The lowest BCUT2D eigenvalue weighted by atomic mass is 10.2. The van der Waals surface area contributed by atoms with Gasteiger partial charge in [0.2, 0.25) is 17.7 Å². The molecule has 0 spiro atoms. The number of rotatable bonds is 7. The summed E-state index contributed by atoms with van der Waals surface area (Å²) in [5, 5.41) is 5.24. The van der Waals surface area contributed by atoms with Crippen LogP contribution in [-0.2, 0) is 23.9 Å². The number of thiocarbonyl (C=S) groups is 1. The number of hydrogen-bond donors (Lipinski definition) is 4. The maximum absolute atomic E-state index is 12.0. The van der Waals surface area contributed by atoms with E-state index in [1.807, 2.05) is 0 Å². The Bertz CT molecular complexity index is 828. The van der Waals surface area contributed by atoms with E-state index in [1.165, 1.54) is 0 Å². The highest BCUT2D eigenvalue weighted by molar-refractivity contribution is 7.80. The van der Waals surface area contributed by atoms with E-state index in [2.05, 4.69) is 26.2 Å². The van der Waals surface area contributed by atoms with E-state index in [-0.39, 0.29) is 30.5 Å². The highest BCUT2D eigenvalue weighted by Gasteiger charge is 2.10. The molecule has 0 aliphatic rings. The van der Waals surface area contributed by atoms with E-state index in [0.29, 0.717) is 10.7 Å². The van der Waals surface area contributed by atoms with E-state index in [4.69, 9.17) is 23.8 Å². The van der Waals surface area contributed by atoms with Crippen molar-refractivity contribution in [1.82, 2.24) is 16.2 Å². The Kier molecular flexibility index (Phi) is 10.3. The Labute approximate surface area is 178 Å². The van der Waals surface area contributed by atoms with Crippen molar-refractivity contribution in [3.05, 3.63) is 40.9 Å². The molecule has 3 amide bonds. The van der Waals surface area contributed by atoms with Gasteiger partial charge in [-0.15, -0.1) is 0 Å². The molecule has 0 saturated heterocycles. The minimum atomic E-state index is -0.680. The van der Waals surface area contributed by atoms with Gasteiger partial charge in [-0.2, -0.15) is 0 Å². The number of hydrogen-bond acceptors (Lipinski definition) is 6. The number of esters is 1. The van der Waals surface area contributed by atoms with E-state index < -0.39 is 17.8 Å². The van der Waals surface area contributed by atoms with Crippen LogP contribution in [0.2, 0.25) is 5.02 Å². The monoisotopic (exact) mass is 440 g/mol. The normalized spacial score (nSPS) is 10.2. The third kappa shape index (κ3) is 9.67. The van der Waals surface area contributed by atoms with Gasteiger partial charge in [-0.05, 0) is 43.8 Å². The number of carbonyl (C=O) groups is 4. The van der Waals surface area contributed by atoms with Crippen molar-refractivity contribution in [3.63, 3.8) is 0 Å². The van der Waals surface area contributed by atoms with Gasteiger partial charge < -0.3 is 10.1 Å². The summed E-state index contributed by atoms with van der Waals surface area (Å²) < 4.78 is 4.62. The molecule has 1 aromatic rings. The first-order chi connectivity index (χ1) is 13.7. The molecule has 0 heterocycles. The fraction of sp³-hybridized carbons (Fsp3) is 0.278. The Morgan fingerprint density at radius 3 is 2.48 bits per heavy atom. The van der Waals surface area contributed by atoms with Crippen LogP contribution in [0, 0.1) is 6.92 Å². The molecule has 0 aliphatic heterocycles. The quantitative estimate of drug-likeness (QED) is 0.219. The Balaban J connectivity index is 2.31. The summed E-state index contributed by atoms with van der Waals surface area (Å²) in [5.74, 6) is -2.21. The lowest BCUT2D eigenvalue weighted by Gasteiger charge is -2.11. The first-order valence-corrected chi connectivity index (χ1v) is 9.31. The molecule has 11 heteroatoms. The van der Waals surface area contributed by atoms with Crippen molar-refractivity contribution in [2.75, 3.05) is 11.9 Å². The topological polar surface area (TPSA) is 126 Å². The van der Waals surface area contributed by atoms with Gasteiger partial charge in [0.15, 0.2) is 5.11 Å². The number of hydrazine groups is 1. The number of carbonyl (C=O) groups excluding carboxylic acids is 4. The highest BCUT2D eigenvalue weighted by atomic mass is 35.5. The molecule has 29 heavy (non-hydrogen) atoms. The standard InChI is InChI=1S/C18H21ClN4O5S/c1-3-28-17(27)10-9-15(25)21-18(29)23-22-16(26)8-7-14(24)20-13-6-4-5-12(19)11(13)2/h4-6,9-10H,3,7-8H2,1-2H3,(H,20,24)(H,22,26)(H2,21,23,25,29)/b10-9+. The Hall–Kier alpha value is -2.98. The SMILES string of the molecule is CCOC(=O)/C=C/C(=O)NC(=S)NNC(=O)CCC(=O)Nc1cccc(Cl)c1C. The second-order valence-electron chi connectivity index (χ2n) is 5.54. The second-order valence-corrected chi connectivity index (χ2v) is 6.35. The van der Waals surface area contributed by atoms with Gasteiger partial charge in [0.25, 0.3) is 0 Å². The summed E-state index contributed by atoms with van der Waals surface area (Å²) in [4.78, 5) is 46.4. The molecule has 0 saturated carbocycles. The summed E-state index contributed by atoms with van der Waals surface area (Å²) in [5.41, 5.74) is 5.87. The molecule has 0 fully saturated rings. The van der Waals surface area contributed by atoms with Crippen molar-refractivity contribution in [2.24, 2.45) is 0 Å². The number of nitrogens with one attached hydrogen (secondary N) is 4. The summed E-state index contributed by atoms with van der Waals surface area (Å²) >= 11 is 10.8. The van der Waals surface area contributed by atoms with Gasteiger partial charge in [-0.25, -0.2) is 4.79 Å². The van der Waals surface area contributed by atoms with Crippen molar-refractivity contribution >= 4 is 58.3 Å². The largest absolute Gasteiger partial charge is 0.463 e. The van der Waals surface area contributed by atoms with E-state index in [9.17, 15) is 19.2 Å². The Morgan fingerprint density at radius 1 is 1.10 bits per heavy atom. The average molecular weight is 441 g/mol. The third-order valence-corrected chi connectivity index (χ3v) is 3.94. The zero-order valence-electron chi connectivity index (χ0n) is 15.8. The predicted octanol–water partition coefficient (Wildman–Crippen LogP) is 1.51. The van der Waals surface area contributed by atoms with Crippen molar-refractivity contribution < 1.29 is 23.9 Å². The molecule has 0 aromatic heterocycles. The molecular weight excluding hydrogens is 420 g/mol. The molecule has 9 nitrogen and oxygen atoms in total.